The average Bonchev–Trinajstić information content (AvgIpc) is 1.49. The van der Waals surface area contributed by atoms with E-state index in [-0.39, 0.29) is 0 Å². The summed E-state index contributed by atoms with van der Waals surface area (Å²) >= 11 is 0. The fraction of sp³-hybridized carbons (Fsp3) is 0. The number of benzene rings is 15. The first-order valence-electron chi connectivity index (χ1n) is 30.4. The SMILES string of the molecule is N#Cc1ccc(-c2cc(-c3cccc4c3oc3ccc5c6ccccc6n(-c6ccc7c8ccccc8c8ccccc8c7c6)c5c34)nc(-c3cccc4c3oc3ccc5c6ccccc6n(-c6ccc7c8ccccc8c8ccccc8c7c6)c5c34)n2)cc1. The normalized spacial score (nSPS) is 12.2. The molecular weight excluding hydrogens is 1100 g/mol. The molecule has 20 aromatic rings. The van der Waals surface area contributed by atoms with E-state index >= 15 is 0 Å². The maximum Gasteiger partial charge on any atom is 0.164 e. The maximum atomic E-state index is 9.91. The molecule has 0 spiro atoms. The number of furan rings is 2. The topological polar surface area (TPSA) is 85.7 Å². The van der Waals surface area contributed by atoms with Crippen LogP contribution >= 0.6 is 0 Å². The molecule has 0 aliphatic rings. The van der Waals surface area contributed by atoms with Gasteiger partial charge in [0, 0.05) is 54.8 Å². The van der Waals surface area contributed by atoms with Crippen molar-refractivity contribution < 1.29 is 8.83 Å². The summed E-state index contributed by atoms with van der Waals surface area (Å²) in [6.07, 6.45) is 0. The summed E-state index contributed by atoms with van der Waals surface area (Å²) in [4.78, 5) is 11.0. The van der Waals surface area contributed by atoms with E-state index in [9.17, 15) is 5.26 Å². The van der Waals surface area contributed by atoms with E-state index in [0.717, 1.165) is 110 Å². The van der Waals surface area contributed by atoms with Crippen LogP contribution in [0.5, 0.6) is 0 Å². The second kappa shape index (κ2) is 18.3. The Bertz CT molecular complexity index is 6170. The molecule has 0 radical (unpaired) electrons. The highest BCUT2D eigenvalue weighted by Crippen LogP contribution is 2.48. The number of aromatic nitrogens is 4. The van der Waals surface area contributed by atoms with Crippen molar-refractivity contribution in [1.82, 2.24) is 19.1 Å². The third-order valence-corrected chi connectivity index (χ3v) is 19.1. The second-order valence-corrected chi connectivity index (χ2v) is 23.7. The molecule has 7 heteroatoms. The summed E-state index contributed by atoms with van der Waals surface area (Å²) in [5, 5.41) is 33.2. The van der Waals surface area contributed by atoms with E-state index in [2.05, 4.69) is 258 Å². The van der Waals surface area contributed by atoms with Crippen molar-refractivity contribution in [2.75, 3.05) is 0 Å². The van der Waals surface area contributed by atoms with Gasteiger partial charge in [0.05, 0.1) is 61.4 Å². The quantitative estimate of drug-likeness (QED) is 0.160. The number of nitrogens with zero attached hydrogens (tertiary/aromatic N) is 5. The van der Waals surface area contributed by atoms with Crippen molar-refractivity contribution in [2.45, 2.75) is 0 Å². The van der Waals surface area contributed by atoms with Crippen LogP contribution in [0.1, 0.15) is 5.56 Å². The minimum absolute atomic E-state index is 0.495. The highest BCUT2D eigenvalue weighted by molar-refractivity contribution is 6.30. The molecule has 0 aliphatic carbocycles. The van der Waals surface area contributed by atoms with Crippen molar-refractivity contribution >= 4 is 152 Å². The predicted molar refractivity (Wildman–Crippen MR) is 371 cm³/mol. The van der Waals surface area contributed by atoms with Crippen molar-refractivity contribution in [3.8, 4) is 51.3 Å². The Labute approximate surface area is 512 Å². The standard InChI is InChI=1S/C83H45N5O2/c84-46-47-31-33-48(34-32-47)71-45-72(65-25-13-26-66-77-75(89-81(65)66)41-39-63-61-23-9-11-29-73(61)87(79(63)77)49-35-37-59-55-19-3-1-15-51(55)53-17-5-7-21-57(53)69(59)43-49)86-83(85-71)68-28-14-27-67-78-76(90-82(67)68)42-40-64-62-24-10-12-30-74(62)88(80(64)78)50-36-38-60-56-20-4-2-16-52(56)54-18-6-8-22-58(54)70(60)44-50/h1-45H. The first-order chi connectivity index (χ1) is 44.6. The monoisotopic (exact) mass is 1140 g/mol. The molecule has 0 N–H and O–H groups in total. The molecule has 0 unspecified atom stereocenters. The molecule has 414 valence electrons. The van der Waals surface area contributed by atoms with Crippen LogP contribution in [0.25, 0.3) is 197 Å². The lowest BCUT2D eigenvalue weighted by atomic mass is 9.94. The zero-order chi connectivity index (χ0) is 58.9. The van der Waals surface area contributed by atoms with Gasteiger partial charge < -0.3 is 18.0 Å². The minimum atomic E-state index is 0.495. The van der Waals surface area contributed by atoms with Gasteiger partial charge in [-0.2, -0.15) is 5.26 Å². The minimum Gasteiger partial charge on any atom is -0.455 e. The summed E-state index contributed by atoms with van der Waals surface area (Å²) < 4.78 is 19.2. The van der Waals surface area contributed by atoms with E-state index in [1.54, 1.807) is 0 Å². The summed E-state index contributed by atoms with van der Waals surface area (Å²) in [5.74, 6) is 0.495. The predicted octanol–water partition coefficient (Wildman–Crippen LogP) is 22.3. The Morgan fingerprint density at radius 2 is 0.678 bits per heavy atom. The number of fused-ring (bicyclic) bond motifs is 26. The lowest BCUT2D eigenvalue weighted by Crippen LogP contribution is -1.97. The summed E-state index contributed by atoms with van der Waals surface area (Å²) in [5.41, 5.74) is 13.8. The highest BCUT2D eigenvalue weighted by Gasteiger charge is 2.26. The molecule has 7 nitrogen and oxygen atoms in total. The first kappa shape index (κ1) is 48.8. The molecule has 90 heavy (non-hydrogen) atoms. The number of nitriles is 1. The zero-order valence-electron chi connectivity index (χ0n) is 48.0. The number of rotatable bonds is 5. The molecule has 15 aromatic carbocycles. The first-order valence-corrected chi connectivity index (χ1v) is 30.4. The number of hydrogen-bond acceptors (Lipinski definition) is 5. The van der Waals surface area contributed by atoms with Crippen LogP contribution in [-0.4, -0.2) is 19.1 Å². The third kappa shape index (κ3) is 6.76. The molecule has 20 rings (SSSR count). The van der Waals surface area contributed by atoms with Crippen LogP contribution < -0.4 is 0 Å². The molecule has 0 fully saturated rings. The van der Waals surface area contributed by atoms with E-state index in [0.29, 0.717) is 28.4 Å². The van der Waals surface area contributed by atoms with Crippen LogP contribution in [0.2, 0.25) is 0 Å². The fourth-order valence-electron chi connectivity index (χ4n) is 15.2. The van der Waals surface area contributed by atoms with Crippen molar-refractivity contribution in [2.24, 2.45) is 0 Å². The smallest absolute Gasteiger partial charge is 0.164 e. The Hall–Kier alpha value is -12.4. The molecule has 0 saturated carbocycles. The molecule has 0 saturated heterocycles. The molecule has 0 amide bonds. The molecule has 0 bridgehead atoms. The van der Waals surface area contributed by atoms with Gasteiger partial charge >= 0.3 is 0 Å². The Morgan fingerprint density at radius 1 is 0.300 bits per heavy atom. The van der Waals surface area contributed by atoms with Gasteiger partial charge in [-0.3, -0.25) is 0 Å². The van der Waals surface area contributed by atoms with Crippen molar-refractivity contribution in [1.29, 1.82) is 5.26 Å². The highest BCUT2D eigenvalue weighted by atomic mass is 16.3. The third-order valence-electron chi connectivity index (χ3n) is 19.1. The van der Waals surface area contributed by atoms with Crippen LogP contribution in [0.15, 0.2) is 282 Å². The number of hydrogen-bond donors (Lipinski definition) is 0. The van der Waals surface area contributed by atoms with Crippen LogP contribution in [0, 0.1) is 11.3 Å². The largest absolute Gasteiger partial charge is 0.455 e. The Morgan fingerprint density at radius 3 is 1.14 bits per heavy atom. The van der Waals surface area contributed by atoms with Gasteiger partial charge in [-0.15, -0.1) is 0 Å². The molecule has 5 aromatic heterocycles. The average molecular weight is 1140 g/mol. The van der Waals surface area contributed by atoms with Crippen LogP contribution in [-0.2, 0) is 0 Å². The van der Waals surface area contributed by atoms with Gasteiger partial charge in [-0.05, 0) is 156 Å². The molecular formula is C83H45N5O2. The fourth-order valence-corrected chi connectivity index (χ4v) is 15.2. The van der Waals surface area contributed by atoms with Gasteiger partial charge in [0.1, 0.15) is 22.3 Å². The van der Waals surface area contributed by atoms with E-state index < -0.39 is 0 Å². The molecule has 0 atom stereocenters. The molecule has 5 heterocycles. The summed E-state index contributed by atoms with van der Waals surface area (Å²) in [6.45, 7) is 0. The lowest BCUT2D eigenvalue weighted by Gasteiger charge is -2.14. The lowest BCUT2D eigenvalue weighted by molar-refractivity contribution is 0.669. The molecule has 0 aliphatic heterocycles. The Balaban J connectivity index is 0.806. The second-order valence-electron chi connectivity index (χ2n) is 23.7. The van der Waals surface area contributed by atoms with Gasteiger partial charge in [-0.25, -0.2) is 9.97 Å². The van der Waals surface area contributed by atoms with Crippen LogP contribution in [0.4, 0.5) is 0 Å². The van der Waals surface area contributed by atoms with E-state index in [1.807, 2.05) is 30.3 Å². The van der Waals surface area contributed by atoms with E-state index in [1.165, 1.54) is 64.6 Å². The van der Waals surface area contributed by atoms with Crippen LogP contribution in [0.3, 0.4) is 0 Å². The van der Waals surface area contributed by atoms with Crippen molar-refractivity contribution in [3.63, 3.8) is 0 Å². The van der Waals surface area contributed by atoms with Gasteiger partial charge in [0.25, 0.3) is 0 Å². The van der Waals surface area contributed by atoms with Gasteiger partial charge in [-0.1, -0.05) is 182 Å². The van der Waals surface area contributed by atoms with E-state index in [4.69, 9.17) is 18.8 Å². The van der Waals surface area contributed by atoms with Crippen molar-refractivity contribution in [3.05, 3.63) is 279 Å². The maximum absolute atomic E-state index is 9.91. The van der Waals surface area contributed by atoms with Gasteiger partial charge in [0.15, 0.2) is 5.82 Å². The van der Waals surface area contributed by atoms with Gasteiger partial charge in [0.2, 0.25) is 0 Å². The number of para-hydroxylation sites is 4. The Kier molecular flexibility index (Phi) is 9.94. The summed E-state index contributed by atoms with van der Waals surface area (Å²) in [7, 11) is 0. The zero-order valence-corrected chi connectivity index (χ0v) is 48.0. The summed E-state index contributed by atoms with van der Waals surface area (Å²) in [6, 6.07) is 99.5.